The van der Waals surface area contributed by atoms with Crippen LogP contribution in [0.4, 0.5) is 4.39 Å². The molecule has 130 valence electrons. The number of nitriles is 1. The standard InChI is InChI=1S/C19H19FN2O3/c1-13(25-17-8-5-15(12-21)11-18(17)24-2)19(23)22-10-9-14-3-6-16(20)7-4-14/h3-8,11,13H,9-10H2,1-2H3,(H,22,23). The van der Waals surface area contributed by atoms with Crippen molar-refractivity contribution in [1.29, 1.82) is 5.26 Å². The largest absolute Gasteiger partial charge is 0.493 e. The minimum Gasteiger partial charge on any atom is -0.493 e. The van der Waals surface area contributed by atoms with Crippen molar-refractivity contribution in [3.8, 4) is 17.6 Å². The lowest BCUT2D eigenvalue weighted by atomic mass is 10.1. The smallest absolute Gasteiger partial charge is 0.260 e. The SMILES string of the molecule is COc1cc(C#N)ccc1OC(C)C(=O)NCCc1ccc(F)cc1. The van der Waals surface area contributed by atoms with E-state index in [1.54, 1.807) is 37.3 Å². The molecule has 0 aliphatic heterocycles. The van der Waals surface area contributed by atoms with E-state index in [-0.39, 0.29) is 11.7 Å². The average molecular weight is 342 g/mol. The molecule has 0 aliphatic carbocycles. The summed E-state index contributed by atoms with van der Waals surface area (Å²) >= 11 is 0. The van der Waals surface area contributed by atoms with Gasteiger partial charge in [0.1, 0.15) is 5.82 Å². The lowest BCUT2D eigenvalue weighted by Crippen LogP contribution is -2.37. The molecule has 0 heterocycles. The summed E-state index contributed by atoms with van der Waals surface area (Å²) in [7, 11) is 1.47. The van der Waals surface area contributed by atoms with Crippen LogP contribution in [0.2, 0.25) is 0 Å². The van der Waals surface area contributed by atoms with Gasteiger partial charge in [-0.2, -0.15) is 5.26 Å². The first-order valence-electron chi connectivity index (χ1n) is 7.80. The second-order valence-corrected chi connectivity index (χ2v) is 5.41. The molecule has 0 aromatic heterocycles. The van der Waals surface area contributed by atoms with E-state index >= 15 is 0 Å². The van der Waals surface area contributed by atoms with Gasteiger partial charge in [-0.3, -0.25) is 4.79 Å². The first-order chi connectivity index (χ1) is 12.0. The third-order valence-corrected chi connectivity index (χ3v) is 3.59. The summed E-state index contributed by atoms with van der Waals surface area (Å²) in [6.45, 7) is 2.05. The number of hydrogen-bond donors (Lipinski definition) is 1. The lowest BCUT2D eigenvalue weighted by Gasteiger charge is -2.17. The molecule has 2 aromatic rings. The number of benzene rings is 2. The van der Waals surface area contributed by atoms with E-state index in [2.05, 4.69) is 5.32 Å². The number of hydrogen-bond acceptors (Lipinski definition) is 4. The van der Waals surface area contributed by atoms with Gasteiger partial charge in [-0.05, 0) is 43.2 Å². The molecular weight excluding hydrogens is 323 g/mol. The van der Waals surface area contributed by atoms with Gasteiger partial charge in [-0.25, -0.2) is 4.39 Å². The molecule has 0 bridgehead atoms. The zero-order valence-corrected chi connectivity index (χ0v) is 14.1. The molecule has 2 rings (SSSR count). The summed E-state index contributed by atoms with van der Waals surface area (Å²) in [5.41, 5.74) is 1.38. The van der Waals surface area contributed by atoms with E-state index in [1.165, 1.54) is 19.2 Å². The molecule has 0 radical (unpaired) electrons. The number of nitrogens with one attached hydrogen (secondary N) is 1. The van der Waals surface area contributed by atoms with Crippen molar-refractivity contribution in [3.63, 3.8) is 0 Å². The summed E-state index contributed by atoms with van der Waals surface area (Å²) in [5, 5.41) is 11.7. The Labute approximate surface area is 146 Å². The van der Waals surface area contributed by atoms with Crippen LogP contribution in [0.1, 0.15) is 18.1 Å². The number of carbonyl (C=O) groups is 1. The van der Waals surface area contributed by atoms with Crippen LogP contribution in [-0.4, -0.2) is 25.7 Å². The Morgan fingerprint density at radius 3 is 2.60 bits per heavy atom. The molecule has 0 fully saturated rings. The molecule has 0 saturated heterocycles. The fourth-order valence-corrected chi connectivity index (χ4v) is 2.20. The maximum Gasteiger partial charge on any atom is 0.260 e. The molecule has 6 heteroatoms. The third kappa shape index (κ3) is 5.21. The fourth-order valence-electron chi connectivity index (χ4n) is 2.20. The summed E-state index contributed by atoms with van der Waals surface area (Å²) in [4.78, 5) is 12.1. The number of nitrogens with zero attached hydrogens (tertiary/aromatic N) is 1. The minimum atomic E-state index is -0.727. The van der Waals surface area contributed by atoms with Crippen LogP contribution in [0.5, 0.6) is 11.5 Å². The van der Waals surface area contributed by atoms with Crippen molar-refractivity contribution in [2.45, 2.75) is 19.4 Å². The van der Waals surface area contributed by atoms with Crippen LogP contribution in [0, 0.1) is 17.1 Å². The molecule has 0 spiro atoms. The number of halogens is 1. The molecule has 0 aliphatic rings. The number of amides is 1. The number of rotatable bonds is 7. The van der Waals surface area contributed by atoms with Gasteiger partial charge in [0.15, 0.2) is 17.6 Å². The Hall–Kier alpha value is -3.07. The van der Waals surface area contributed by atoms with E-state index in [0.717, 1.165) is 5.56 Å². The number of ether oxygens (including phenoxy) is 2. The molecule has 1 N–H and O–H groups in total. The Morgan fingerprint density at radius 1 is 1.24 bits per heavy atom. The Kier molecular flexibility index (Phi) is 6.35. The molecular formula is C19H19FN2O3. The highest BCUT2D eigenvalue weighted by atomic mass is 19.1. The lowest BCUT2D eigenvalue weighted by molar-refractivity contribution is -0.127. The maximum absolute atomic E-state index is 12.8. The van der Waals surface area contributed by atoms with Gasteiger partial charge >= 0.3 is 0 Å². The molecule has 0 saturated carbocycles. The quantitative estimate of drug-likeness (QED) is 0.840. The van der Waals surface area contributed by atoms with Crippen LogP contribution < -0.4 is 14.8 Å². The van der Waals surface area contributed by atoms with Crippen LogP contribution in [0.25, 0.3) is 0 Å². The number of methoxy groups -OCH3 is 1. The van der Waals surface area contributed by atoms with E-state index in [1.807, 2.05) is 6.07 Å². The van der Waals surface area contributed by atoms with Crippen molar-refractivity contribution >= 4 is 5.91 Å². The summed E-state index contributed by atoms with van der Waals surface area (Å²) in [5.74, 6) is 0.229. The number of carbonyl (C=O) groups excluding carboxylic acids is 1. The zero-order valence-electron chi connectivity index (χ0n) is 14.1. The van der Waals surface area contributed by atoms with E-state index in [4.69, 9.17) is 14.7 Å². The predicted molar refractivity (Wildman–Crippen MR) is 90.9 cm³/mol. The second kappa shape index (κ2) is 8.69. The van der Waals surface area contributed by atoms with Gasteiger partial charge in [0.2, 0.25) is 0 Å². The monoisotopic (exact) mass is 342 g/mol. The molecule has 25 heavy (non-hydrogen) atoms. The molecule has 2 aromatic carbocycles. The molecule has 1 unspecified atom stereocenters. The van der Waals surface area contributed by atoms with Crippen molar-refractivity contribution in [2.24, 2.45) is 0 Å². The topological polar surface area (TPSA) is 71.3 Å². The zero-order chi connectivity index (χ0) is 18.2. The third-order valence-electron chi connectivity index (χ3n) is 3.59. The van der Waals surface area contributed by atoms with E-state index in [9.17, 15) is 9.18 Å². The molecule has 5 nitrogen and oxygen atoms in total. The van der Waals surface area contributed by atoms with Gasteiger partial charge in [0.25, 0.3) is 5.91 Å². The first-order valence-corrected chi connectivity index (χ1v) is 7.80. The Balaban J connectivity index is 1.88. The highest BCUT2D eigenvalue weighted by molar-refractivity contribution is 5.80. The van der Waals surface area contributed by atoms with Gasteiger partial charge < -0.3 is 14.8 Å². The Bertz CT molecular complexity index is 769. The summed E-state index contributed by atoms with van der Waals surface area (Å²) < 4.78 is 23.6. The average Bonchev–Trinajstić information content (AvgIpc) is 2.63. The second-order valence-electron chi connectivity index (χ2n) is 5.41. The highest BCUT2D eigenvalue weighted by Gasteiger charge is 2.16. The van der Waals surface area contributed by atoms with E-state index < -0.39 is 6.10 Å². The van der Waals surface area contributed by atoms with Gasteiger partial charge in [0, 0.05) is 12.6 Å². The molecule has 1 amide bonds. The fraction of sp³-hybridized carbons (Fsp3) is 0.263. The predicted octanol–water partition coefficient (Wildman–Crippen LogP) is 2.83. The van der Waals surface area contributed by atoms with Crippen molar-refractivity contribution < 1.29 is 18.7 Å². The summed E-state index contributed by atoms with van der Waals surface area (Å²) in [6.07, 6.45) is -0.131. The minimum absolute atomic E-state index is 0.270. The Morgan fingerprint density at radius 2 is 1.96 bits per heavy atom. The maximum atomic E-state index is 12.8. The van der Waals surface area contributed by atoms with Crippen molar-refractivity contribution in [1.82, 2.24) is 5.32 Å². The van der Waals surface area contributed by atoms with Crippen LogP contribution in [0.3, 0.4) is 0 Å². The van der Waals surface area contributed by atoms with Crippen LogP contribution in [-0.2, 0) is 11.2 Å². The van der Waals surface area contributed by atoms with Crippen LogP contribution >= 0.6 is 0 Å². The van der Waals surface area contributed by atoms with Gasteiger partial charge in [-0.15, -0.1) is 0 Å². The van der Waals surface area contributed by atoms with Crippen molar-refractivity contribution in [2.75, 3.05) is 13.7 Å². The normalized spacial score (nSPS) is 11.3. The summed E-state index contributed by atoms with van der Waals surface area (Å²) in [6, 6.07) is 12.9. The molecule has 1 atom stereocenters. The van der Waals surface area contributed by atoms with Crippen LogP contribution in [0.15, 0.2) is 42.5 Å². The van der Waals surface area contributed by atoms with Crippen molar-refractivity contribution in [3.05, 3.63) is 59.4 Å². The van der Waals surface area contributed by atoms with E-state index in [0.29, 0.717) is 30.0 Å². The van der Waals surface area contributed by atoms with Gasteiger partial charge in [0.05, 0.1) is 18.7 Å². The first kappa shape index (κ1) is 18.3. The highest BCUT2D eigenvalue weighted by Crippen LogP contribution is 2.28. The van der Waals surface area contributed by atoms with Gasteiger partial charge in [-0.1, -0.05) is 12.1 Å².